The molecular formula is C26H31N9O4S. The number of nitrogens with zero attached hydrogens (tertiary/aromatic N) is 7. The van der Waals surface area contributed by atoms with Crippen LogP contribution in [0.25, 0.3) is 11.4 Å². The van der Waals surface area contributed by atoms with Gasteiger partial charge in [0.1, 0.15) is 22.5 Å². The number of pyridine rings is 1. The largest absolute Gasteiger partial charge is 0.480 e. The number of rotatable bonds is 12. The van der Waals surface area contributed by atoms with Crippen LogP contribution in [0.1, 0.15) is 43.0 Å². The molecule has 0 saturated heterocycles. The number of aldehydes is 1. The summed E-state index contributed by atoms with van der Waals surface area (Å²) in [6.07, 6.45) is 9.41. The molecule has 210 valence electrons. The predicted octanol–water partition coefficient (Wildman–Crippen LogP) is 2.18. The second-order valence-electron chi connectivity index (χ2n) is 9.81. The Morgan fingerprint density at radius 2 is 1.95 bits per heavy atom. The van der Waals surface area contributed by atoms with Crippen molar-refractivity contribution in [2.45, 2.75) is 43.0 Å². The van der Waals surface area contributed by atoms with Gasteiger partial charge in [0.25, 0.3) is 0 Å². The molecule has 0 bridgehead atoms. The molecule has 0 aromatic carbocycles. The number of amidine groups is 1. The summed E-state index contributed by atoms with van der Waals surface area (Å²) in [4.78, 5) is 40.8. The van der Waals surface area contributed by atoms with Crippen LogP contribution in [-0.4, -0.2) is 73.2 Å². The van der Waals surface area contributed by atoms with Crippen LogP contribution in [-0.2, 0) is 21.4 Å². The van der Waals surface area contributed by atoms with Gasteiger partial charge in [-0.25, -0.2) is 33.1 Å². The molecule has 0 unspecified atom stereocenters. The Kier molecular flexibility index (Phi) is 7.98. The van der Waals surface area contributed by atoms with Gasteiger partial charge in [0, 0.05) is 25.7 Å². The highest BCUT2D eigenvalue weighted by Crippen LogP contribution is 2.45. The van der Waals surface area contributed by atoms with Crippen LogP contribution in [0.4, 0.5) is 11.5 Å². The molecule has 3 aromatic rings. The summed E-state index contributed by atoms with van der Waals surface area (Å²) >= 11 is 0. The molecule has 0 spiro atoms. The summed E-state index contributed by atoms with van der Waals surface area (Å²) in [6.45, 7) is 0.874. The zero-order chi connectivity index (χ0) is 28.3. The maximum absolute atomic E-state index is 11.9. The van der Waals surface area contributed by atoms with Gasteiger partial charge >= 0.3 is 0 Å². The Labute approximate surface area is 232 Å². The van der Waals surface area contributed by atoms with Crippen molar-refractivity contribution in [3.63, 3.8) is 0 Å². The molecule has 3 aromatic heterocycles. The number of nitrogens with one attached hydrogen (secondary N) is 2. The quantitative estimate of drug-likeness (QED) is 0.188. The van der Waals surface area contributed by atoms with E-state index in [1.807, 2.05) is 11.9 Å². The van der Waals surface area contributed by atoms with Gasteiger partial charge in [-0.3, -0.25) is 14.8 Å². The van der Waals surface area contributed by atoms with Crippen LogP contribution in [0, 0.1) is 5.92 Å². The topological polar surface area (TPSA) is 165 Å². The van der Waals surface area contributed by atoms with E-state index >= 15 is 0 Å². The van der Waals surface area contributed by atoms with Crippen molar-refractivity contribution in [2.75, 3.05) is 38.0 Å². The van der Waals surface area contributed by atoms with Crippen molar-refractivity contribution in [1.82, 2.24) is 29.6 Å². The maximum atomic E-state index is 11.9. The number of carbonyl (C=O) groups is 1. The number of anilines is 2. The van der Waals surface area contributed by atoms with Crippen LogP contribution in [0.2, 0.25) is 0 Å². The van der Waals surface area contributed by atoms with Crippen molar-refractivity contribution in [2.24, 2.45) is 10.9 Å². The SMILES string of the molecule is CNS(=O)(=O)c1ccc(CN=C(C=O)Nc2cnc(-c3c(OC)ncnc3C3CC3)nc2N(C)CC2CC2)nc1. The summed E-state index contributed by atoms with van der Waals surface area (Å²) in [5.74, 6) is 2.46. The number of methoxy groups -OCH3 is 1. The normalized spacial score (nSPS) is 15.5. The molecule has 2 N–H and O–H groups in total. The van der Waals surface area contributed by atoms with E-state index in [1.54, 1.807) is 19.4 Å². The van der Waals surface area contributed by atoms with Gasteiger partial charge in [0.15, 0.2) is 23.8 Å². The first-order chi connectivity index (χ1) is 19.3. The second kappa shape index (κ2) is 11.6. The highest BCUT2D eigenvalue weighted by Gasteiger charge is 2.32. The van der Waals surface area contributed by atoms with Crippen LogP contribution in [0.15, 0.2) is 40.7 Å². The van der Waals surface area contributed by atoms with E-state index in [1.165, 1.54) is 38.5 Å². The van der Waals surface area contributed by atoms with Gasteiger partial charge in [0.05, 0.1) is 31.2 Å². The Morgan fingerprint density at radius 1 is 1.15 bits per heavy atom. The zero-order valence-corrected chi connectivity index (χ0v) is 23.3. The molecule has 3 heterocycles. The van der Waals surface area contributed by atoms with Crippen LogP contribution >= 0.6 is 0 Å². The molecule has 2 fully saturated rings. The summed E-state index contributed by atoms with van der Waals surface area (Å²) in [7, 11) is 1.26. The van der Waals surface area contributed by atoms with Crippen molar-refractivity contribution >= 4 is 33.7 Å². The van der Waals surface area contributed by atoms with E-state index in [4.69, 9.17) is 9.72 Å². The van der Waals surface area contributed by atoms with Crippen LogP contribution in [0.3, 0.4) is 0 Å². The molecule has 0 aliphatic heterocycles. The standard InChI is InChI=1S/C26H31N9O4S/c1-27-40(37,38)19-9-8-18(28-11-19)10-29-21(14-36)33-20-12-30-24(34-25(20)35(2)13-16-4-5-16)22-23(17-6-7-17)31-15-32-26(22)39-3/h8-9,11-12,14-17,27H,4-7,10,13H2,1-3H3,(H,29,33). The Balaban J connectivity index is 1.43. The van der Waals surface area contributed by atoms with Gasteiger partial charge in [-0.05, 0) is 50.8 Å². The lowest BCUT2D eigenvalue weighted by atomic mass is 10.1. The lowest BCUT2D eigenvalue weighted by Crippen LogP contribution is -2.25. The van der Waals surface area contributed by atoms with Gasteiger partial charge in [-0.2, -0.15) is 0 Å². The number of aliphatic imine (C=N–C) groups is 1. The average molecular weight is 566 g/mol. The third-order valence-corrected chi connectivity index (χ3v) is 8.14. The first-order valence-electron chi connectivity index (χ1n) is 13.0. The Morgan fingerprint density at radius 3 is 2.58 bits per heavy atom. The number of hydrogen-bond acceptors (Lipinski definition) is 11. The summed E-state index contributed by atoms with van der Waals surface area (Å²) < 4.78 is 31.6. The molecule has 13 nitrogen and oxygen atoms in total. The maximum Gasteiger partial charge on any atom is 0.241 e. The van der Waals surface area contributed by atoms with Gasteiger partial charge in [-0.15, -0.1) is 0 Å². The molecular weight excluding hydrogens is 534 g/mol. The van der Waals surface area contributed by atoms with Gasteiger partial charge < -0.3 is 15.0 Å². The Hall–Kier alpha value is -4.04. The molecule has 2 saturated carbocycles. The van der Waals surface area contributed by atoms with E-state index in [0.717, 1.165) is 25.1 Å². The zero-order valence-electron chi connectivity index (χ0n) is 22.5. The second-order valence-corrected chi connectivity index (χ2v) is 11.7. The fourth-order valence-corrected chi connectivity index (χ4v) is 4.93. The minimum Gasteiger partial charge on any atom is -0.480 e. The average Bonchev–Trinajstić information content (AvgIpc) is 3.91. The summed E-state index contributed by atoms with van der Waals surface area (Å²) in [5, 5.41) is 3.06. The van der Waals surface area contributed by atoms with E-state index < -0.39 is 10.0 Å². The molecule has 14 heteroatoms. The minimum absolute atomic E-state index is 0.0438. The van der Waals surface area contributed by atoms with E-state index in [9.17, 15) is 13.2 Å². The van der Waals surface area contributed by atoms with E-state index in [0.29, 0.717) is 52.6 Å². The third kappa shape index (κ3) is 6.23. The van der Waals surface area contributed by atoms with Crippen LogP contribution < -0.4 is 19.7 Å². The molecule has 2 aliphatic carbocycles. The monoisotopic (exact) mass is 565 g/mol. The number of aromatic nitrogens is 5. The molecule has 0 atom stereocenters. The van der Waals surface area contributed by atoms with Crippen LogP contribution in [0.5, 0.6) is 5.88 Å². The van der Waals surface area contributed by atoms with Crippen molar-refractivity contribution in [3.8, 4) is 17.3 Å². The van der Waals surface area contributed by atoms with Crippen molar-refractivity contribution in [3.05, 3.63) is 42.2 Å². The number of hydrogen-bond donors (Lipinski definition) is 2. The third-order valence-electron chi connectivity index (χ3n) is 6.74. The molecule has 40 heavy (non-hydrogen) atoms. The van der Waals surface area contributed by atoms with Crippen molar-refractivity contribution in [1.29, 1.82) is 0 Å². The number of carbonyl (C=O) groups excluding carboxylic acids is 1. The fourth-order valence-electron chi connectivity index (χ4n) is 4.25. The summed E-state index contributed by atoms with van der Waals surface area (Å²) in [6, 6.07) is 2.99. The predicted molar refractivity (Wildman–Crippen MR) is 149 cm³/mol. The van der Waals surface area contributed by atoms with Gasteiger partial charge in [-0.1, -0.05) is 0 Å². The first kappa shape index (κ1) is 27.5. The molecule has 5 rings (SSSR count). The number of sulfonamides is 1. The fraction of sp³-hybridized carbons (Fsp3) is 0.423. The first-order valence-corrected chi connectivity index (χ1v) is 14.4. The summed E-state index contributed by atoms with van der Waals surface area (Å²) in [5.41, 5.74) is 2.57. The number of ether oxygens (including phenoxy) is 1. The molecule has 0 amide bonds. The van der Waals surface area contributed by atoms with E-state index in [2.05, 4.69) is 35.0 Å². The lowest BCUT2D eigenvalue weighted by molar-refractivity contribution is -0.102. The Bertz CT molecular complexity index is 1520. The minimum atomic E-state index is -3.59. The smallest absolute Gasteiger partial charge is 0.241 e. The van der Waals surface area contributed by atoms with Crippen molar-refractivity contribution < 1.29 is 17.9 Å². The molecule has 0 radical (unpaired) electrons. The molecule has 2 aliphatic rings. The van der Waals surface area contributed by atoms with Gasteiger partial charge in [0.2, 0.25) is 15.9 Å². The highest BCUT2D eigenvalue weighted by molar-refractivity contribution is 7.89. The lowest BCUT2D eigenvalue weighted by Gasteiger charge is -2.22. The highest BCUT2D eigenvalue weighted by atomic mass is 32.2. The van der Waals surface area contributed by atoms with E-state index in [-0.39, 0.29) is 17.3 Å².